The number of benzene rings is 3. The standard InChI is InChI=1S/C30H36N2O5/c1-20-11-12-22(36-16-15-32(5)28(34)37-29(2,3)4)18-25(20)27(33)31-30(13-14-30)26-19-23(35-6)17-21-9-7-8-10-24(21)26/h7-12,17-19H,13-16H2,1-6H3,(H,31,33). The van der Waals surface area contributed by atoms with Gasteiger partial charge in [0.2, 0.25) is 0 Å². The Balaban J connectivity index is 1.46. The summed E-state index contributed by atoms with van der Waals surface area (Å²) >= 11 is 0. The lowest BCUT2D eigenvalue weighted by atomic mass is 9.95. The molecule has 0 aromatic heterocycles. The van der Waals surface area contributed by atoms with Crippen molar-refractivity contribution in [2.24, 2.45) is 0 Å². The van der Waals surface area contributed by atoms with E-state index in [4.69, 9.17) is 14.2 Å². The van der Waals surface area contributed by atoms with E-state index in [1.165, 1.54) is 4.90 Å². The Morgan fingerprint density at radius 1 is 1.03 bits per heavy atom. The Hall–Kier alpha value is -3.74. The lowest BCUT2D eigenvalue weighted by Crippen LogP contribution is -2.36. The van der Waals surface area contributed by atoms with Crippen molar-refractivity contribution in [3.05, 3.63) is 71.3 Å². The summed E-state index contributed by atoms with van der Waals surface area (Å²) in [5.74, 6) is 1.21. The summed E-state index contributed by atoms with van der Waals surface area (Å²) in [7, 11) is 3.33. The summed E-state index contributed by atoms with van der Waals surface area (Å²) in [6.07, 6.45) is 1.32. The first-order valence-corrected chi connectivity index (χ1v) is 12.6. The predicted molar refractivity (Wildman–Crippen MR) is 144 cm³/mol. The molecule has 3 aromatic carbocycles. The first-order valence-electron chi connectivity index (χ1n) is 12.6. The quantitative estimate of drug-likeness (QED) is 0.418. The number of aryl methyl sites for hydroxylation is 1. The average molecular weight is 505 g/mol. The third kappa shape index (κ3) is 6.16. The van der Waals surface area contributed by atoms with Crippen LogP contribution in [0.25, 0.3) is 10.8 Å². The zero-order valence-corrected chi connectivity index (χ0v) is 22.5. The van der Waals surface area contributed by atoms with Gasteiger partial charge in [-0.15, -0.1) is 0 Å². The first kappa shape index (κ1) is 26.3. The fourth-order valence-corrected chi connectivity index (χ4v) is 4.34. The highest BCUT2D eigenvalue weighted by Crippen LogP contribution is 2.49. The Morgan fingerprint density at radius 3 is 2.43 bits per heavy atom. The third-order valence-electron chi connectivity index (χ3n) is 6.54. The molecule has 0 heterocycles. The van der Waals surface area contributed by atoms with Crippen LogP contribution < -0.4 is 14.8 Å². The molecule has 196 valence electrons. The van der Waals surface area contributed by atoms with Gasteiger partial charge in [-0.3, -0.25) is 4.79 Å². The molecule has 1 aliphatic rings. The normalized spacial score (nSPS) is 14.1. The monoisotopic (exact) mass is 504 g/mol. The molecule has 0 radical (unpaired) electrons. The predicted octanol–water partition coefficient (Wildman–Crippen LogP) is 5.82. The topological polar surface area (TPSA) is 77.1 Å². The minimum Gasteiger partial charge on any atom is -0.497 e. The van der Waals surface area contributed by atoms with E-state index in [9.17, 15) is 9.59 Å². The minimum atomic E-state index is -0.554. The second-order valence-electron chi connectivity index (χ2n) is 10.7. The molecule has 4 rings (SSSR count). The van der Waals surface area contributed by atoms with Gasteiger partial charge in [0.15, 0.2) is 0 Å². The summed E-state index contributed by atoms with van der Waals surface area (Å²) in [6.45, 7) is 8.04. The molecule has 1 fully saturated rings. The van der Waals surface area contributed by atoms with Crippen LogP contribution in [0, 0.1) is 6.92 Å². The molecule has 7 nitrogen and oxygen atoms in total. The number of hydrogen-bond acceptors (Lipinski definition) is 5. The lowest BCUT2D eigenvalue weighted by molar-refractivity contribution is 0.0278. The Bertz CT molecular complexity index is 1310. The van der Waals surface area contributed by atoms with Crippen LogP contribution in [0.4, 0.5) is 4.79 Å². The summed E-state index contributed by atoms with van der Waals surface area (Å²) < 4.78 is 16.8. The van der Waals surface area contributed by atoms with Crippen LogP contribution in [-0.2, 0) is 10.3 Å². The number of methoxy groups -OCH3 is 1. The number of amides is 2. The molecule has 3 aromatic rings. The smallest absolute Gasteiger partial charge is 0.410 e. The summed E-state index contributed by atoms with van der Waals surface area (Å²) in [5.41, 5.74) is 1.52. The summed E-state index contributed by atoms with van der Waals surface area (Å²) in [4.78, 5) is 27.1. The van der Waals surface area contributed by atoms with Crippen LogP contribution in [0.3, 0.4) is 0 Å². The van der Waals surface area contributed by atoms with Crippen LogP contribution in [0.15, 0.2) is 54.6 Å². The maximum absolute atomic E-state index is 13.5. The third-order valence-corrected chi connectivity index (χ3v) is 6.54. The molecule has 37 heavy (non-hydrogen) atoms. The highest BCUT2D eigenvalue weighted by molar-refractivity contribution is 5.98. The number of likely N-dealkylation sites (N-methyl/N-ethyl adjacent to an activating group) is 1. The fourth-order valence-electron chi connectivity index (χ4n) is 4.34. The van der Waals surface area contributed by atoms with Crippen LogP contribution in [0.1, 0.15) is 55.1 Å². The molecule has 0 spiro atoms. The molecule has 2 amide bonds. The van der Waals surface area contributed by atoms with Gasteiger partial charge >= 0.3 is 6.09 Å². The van der Waals surface area contributed by atoms with E-state index in [0.29, 0.717) is 17.9 Å². The number of rotatable bonds is 8. The van der Waals surface area contributed by atoms with E-state index in [1.807, 2.05) is 64.1 Å². The molecule has 1 N–H and O–H groups in total. The van der Waals surface area contributed by atoms with Crippen molar-refractivity contribution in [1.82, 2.24) is 10.2 Å². The van der Waals surface area contributed by atoms with Gasteiger partial charge in [0.25, 0.3) is 5.91 Å². The fraction of sp³-hybridized carbons (Fsp3) is 0.400. The molecule has 0 atom stereocenters. The lowest BCUT2D eigenvalue weighted by Gasteiger charge is -2.24. The number of nitrogens with one attached hydrogen (secondary N) is 1. The number of nitrogens with zero attached hydrogens (tertiary/aromatic N) is 1. The van der Waals surface area contributed by atoms with Gasteiger partial charge < -0.3 is 24.4 Å². The van der Waals surface area contributed by atoms with Crippen LogP contribution >= 0.6 is 0 Å². The van der Waals surface area contributed by atoms with Crippen molar-refractivity contribution in [2.75, 3.05) is 27.3 Å². The van der Waals surface area contributed by atoms with Crippen molar-refractivity contribution < 1.29 is 23.8 Å². The summed E-state index contributed by atoms with van der Waals surface area (Å²) in [6, 6.07) is 17.7. The van der Waals surface area contributed by atoms with Gasteiger partial charge in [-0.1, -0.05) is 30.3 Å². The molecule has 0 aliphatic heterocycles. The second-order valence-corrected chi connectivity index (χ2v) is 10.7. The minimum absolute atomic E-state index is 0.141. The van der Waals surface area contributed by atoms with E-state index in [1.54, 1.807) is 20.2 Å². The van der Waals surface area contributed by atoms with E-state index in [-0.39, 0.29) is 12.5 Å². The van der Waals surface area contributed by atoms with Crippen molar-refractivity contribution in [3.8, 4) is 11.5 Å². The molecule has 1 saturated carbocycles. The maximum atomic E-state index is 13.5. The van der Waals surface area contributed by atoms with Crippen molar-refractivity contribution in [1.29, 1.82) is 0 Å². The molecule has 1 aliphatic carbocycles. The highest BCUT2D eigenvalue weighted by Gasteiger charge is 2.47. The number of carbonyl (C=O) groups excluding carboxylic acids is 2. The number of ether oxygens (including phenoxy) is 3. The van der Waals surface area contributed by atoms with Crippen LogP contribution in [0.2, 0.25) is 0 Å². The molecule has 7 heteroatoms. The zero-order chi connectivity index (χ0) is 26.8. The average Bonchev–Trinajstić information content (AvgIpc) is 3.63. The van der Waals surface area contributed by atoms with E-state index in [0.717, 1.165) is 40.5 Å². The van der Waals surface area contributed by atoms with E-state index < -0.39 is 17.2 Å². The number of fused-ring (bicyclic) bond motifs is 1. The van der Waals surface area contributed by atoms with Gasteiger partial charge in [0, 0.05) is 12.6 Å². The van der Waals surface area contributed by atoms with Gasteiger partial charge in [0.05, 0.1) is 19.2 Å². The zero-order valence-electron chi connectivity index (χ0n) is 22.5. The van der Waals surface area contributed by atoms with Gasteiger partial charge in [-0.05, 0) is 86.7 Å². The maximum Gasteiger partial charge on any atom is 0.410 e. The van der Waals surface area contributed by atoms with Crippen molar-refractivity contribution in [3.63, 3.8) is 0 Å². The number of carbonyl (C=O) groups is 2. The van der Waals surface area contributed by atoms with Crippen LogP contribution in [-0.4, -0.2) is 49.8 Å². The molecular formula is C30H36N2O5. The Labute approximate surface area is 218 Å². The van der Waals surface area contributed by atoms with Gasteiger partial charge in [-0.25, -0.2) is 4.79 Å². The molecular weight excluding hydrogens is 468 g/mol. The SMILES string of the molecule is COc1cc(C2(NC(=O)c3cc(OCCN(C)C(=O)OC(C)(C)C)ccc3C)CC2)c2ccccc2c1. The van der Waals surface area contributed by atoms with Gasteiger partial charge in [-0.2, -0.15) is 0 Å². The van der Waals surface area contributed by atoms with Gasteiger partial charge in [0.1, 0.15) is 23.7 Å². The highest BCUT2D eigenvalue weighted by atomic mass is 16.6. The molecule has 0 unspecified atom stereocenters. The van der Waals surface area contributed by atoms with Crippen LogP contribution in [0.5, 0.6) is 11.5 Å². The first-order chi connectivity index (χ1) is 17.5. The molecule has 0 bridgehead atoms. The van der Waals surface area contributed by atoms with E-state index in [2.05, 4.69) is 17.4 Å². The Morgan fingerprint density at radius 2 is 1.76 bits per heavy atom. The second kappa shape index (κ2) is 10.3. The summed E-state index contributed by atoms with van der Waals surface area (Å²) in [5, 5.41) is 5.50. The Kier molecular flexibility index (Phi) is 7.35. The van der Waals surface area contributed by atoms with Crippen molar-refractivity contribution in [2.45, 2.75) is 51.7 Å². The largest absolute Gasteiger partial charge is 0.497 e. The number of hydrogen-bond donors (Lipinski definition) is 1. The molecule has 0 saturated heterocycles. The van der Waals surface area contributed by atoms with E-state index >= 15 is 0 Å². The van der Waals surface area contributed by atoms with Crippen molar-refractivity contribution >= 4 is 22.8 Å².